The Morgan fingerprint density at radius 3 is 2.71 bits per heavy atom. The van der Waals surface area contributed by atoms with Gasteiger partial charge in [-0.1, -0.05) is 41.9 Å². The van der Waals surface area contributed by atoms with Crippen LogP contribution >= 0.6 is 11.6 Å². The molecular formula is C10H9ClN2O. The van der Waals surface area contributed by atoms with Gasteiger partial charge in [0, 0.05) is 0 Å². The second-order valence-corrected chi connectivity index (χ2v) is 3.20. The van der Waals surface area contributed by atoms with Crippen LogP contribution in [0.5, 0.6) is 5.75 Å². The van der Waals surface area contributed by atoms with Crippen LogP contribution in [0.15, 0.2) is 36.5 Å². The van der Waals surface area contributed by atoms with Crippen LogP contribution in [0.2, 0.25) is 5.15 Å². The molecule has 0 aliphatic rings. The number of aromatic nitrogens is 2. The standard InChI is InChI=1S/C10H9ClN2O/c11-10-9(6-12-13-10)14-7-8-4-2-1-3-5-8/h1-6H,7H2,(H,12,13). The van der Waals surface area contributed by atoms with Crippen LogP contribution in [0.4, 0.5) is 0 Å². The Balaban J connectivity index is 1.99. The summed E-state index contributed by atoms with van der Waals surface area (Å²) in [5.41, 5.74) is 1.10. The maximum atomic E-state index is 5.76. The molecule has 0 atom stereocenters. The minimum Gasteiger partial charge on any atom is -0.484 e. The molecule has 1 aromatic heterocycles. The number of halogens is 1. The lowest BCUT2D eigenvalue weighted by Crippen LogP contribution is -1.93. The molecule has 4 heteroatoms. The van der Waals surface area contributed by atoms with Crippen molar-refractivity contribution >= 4 is 11.6 Å². The molecule has 0 aliphatic heterocycles. The van der Waals surface area contributed by atoms with Gasteiger partial charge in [-0.25, -0.2) is 0 Å². The Morgan fingerprint density at radius 1 is 1.29 bits per heavy atom. The lowest BCUT2D eigenvalue weighted by atomic mass is 10.2. The summed E-state index contributed by atoms with van der Waals surface area (Å²) in [6.45, 7) is 0.500. The molecule has 0 spiro atoms. The van der Waals surface area contributed by atoms with E-state index >= 15 is 0 Å². The van der Waals surface area contributed by atoms with Gasteiger partial charge in [-0.15, -0.1) is 0 Å². The van der Waals surface area contributed by atoms with Crippen molar-refractivity contribution in [3.05, 3.63) is 47.2 Å². The molecule has 1 aromatic carbocycles. The van der Waals surface area contributed by atoms with Crippen LogP contribution in [0.1, 0.15) is 5.56 Å². The van der Waals surface area contributed by atoms with Crippen molar-refractivity contribution in [1.82, 2.24) is 10.2 Å². The van der Waals surface area contributed by atoms with Crippen molar-refractivity contribution in [2.24, 2.45) is 0 Å². The topological polar surface area (TPSA) is 37.9 Å². The van der Waals surface area contributed by atoms with E-state index in [1.165, 1.54) is 0 Å². The number of hydrogen-bond acceptors (Lipinski definition) is 2. The number of benzene rings is 1. The monoisotopic (exact) mass is 208 g/mol. The summed E-state index contributed by atoms with van der Waals surface area (Å²) in [4.78, 5) is 0. The molecule has 0 bridgehead atoms. The van der Waals surface area contributed by atoms with E-state index in [1.807, 2.05) is 30.3 Å². The maximum Gasteiger partial charge on any atom is 0.176 e. The molecule has 1 N–H and O–H groups in total. The summed E-state index contributed by atoms with van der Waals surface area (Å²) in [5.74, 6) is 0.579. The fourth-order valence-corrected chi connectivity index (χ4v) is 1.25. The van der Waals surface area contributed by atoms with Crippen molar-refractivity contribution in [1.29, 1.82) is 0 Å². The molecule has 0 fully saturated rings. The van der Waals surface area contributed by atoms with Crippen molar-refractivity contribution in [3.8, 4) is 5.75 Å². The Hall–Kier alpha value is -1.48. The molecule has 14 heavy (non-hydrogen) atoms. The first-order valence-electron chi connectivity index (χ1n) is 4.22. The van der Waals surface area contributed by atoms with E-state index in [1.54, 1.807) is 6.20 Å². The van der Waals surface area contributed by atoms with Gasteiger partial charge in [-0.2, -0.15) is 5.10 Å². The Labute approximate surface area is 86.7 Å². The third-order valence-corrected chi connectivity index (χ3v) is 2.07. The van der Waals surface area contributed by atoms with E-state index < -0.39 is 0 Å². The van der Waals surface area contributed by atoms with Gasteiger partial charge in [0.25, 0.3) is 0 Å². The fourth-order valence-electron chi connectivity index (χ4n) is 1.10. The molecule has 0 amide bonds. The fraction of sp³-hybridized carbons (Fsp3) is 0.100. The Morgan fingerprint density at radius 2 is 2.07 bits per heavy atom. The molecule has 0 saturated heterocycles. The number of ether oxygens (including phenoxy) is 1. The first kappa shape index (κ1) is 9.09. The van der Waals surface area contributed by atoms with Crippen LogP contribution in [0.25, 0.3) is 0 Å². The number of rotatable bonds is 3. The second kappa shape index (κ2) is 4.15. The molecule has 0 radical (unpaired) electrons. The van der Waals surface area contributed by atoms with Crippen molar-refractivity contribution in [2.45, 2.75) is 6.61 Å². The highest BCUT2D eigenvalue weighted by Crippen LogP contribution is 2.20. The summed E-state index contributed by atoms with van der Waals surface area (Å²) in [6, 6.07) is 9.89. The van der Waals surface area contributed by atoms with Crippen LogP contribution in [-0.4, -0.2) is 10.2 Å². The Bertz CT molecular complexity index is 400. The first-order chi connectivity index (χ1) is 6.86. The second-order valence-electron chi connectivity index (χ2n) is 2.82. The van der Waals surface area contributed by atoms with Crippen molar-refractivity contribution in [2.75, 3.05) is 0 Å². The van der Waals surface area contributed by atoms with Crippen molar-refractivity contribution < 1.29 is 4.74 Å². The molecule has 2 rings (SSSR count). The number of nitrogens with zero attached hydrogens (tertiary/aromatic N) is 1. The number of hydrogen-bond donors (Lipinski definition) is 1. The molecule has 0 saturated carbocycles. The maximum absolute atomic E-state index is 5.76. The van der Waals surface area contributed by atoms with Gasteiger partial charge < -0.3 is 4.74 Å². The van der Waals surface area contributed by atoms with E-state index in [0.29, 0.717) is 17.5 Å². The zero-order chi connectivity index (χ0) is 9.80. The molecule has 0 unspecified atom stereocenters. The zero-order valence-electron chi connectivity index (χ0n) is 7.40. The molecule has 72 valence electrons. The van der Waals surface area contributed by atoms with Gasteiger partial charge in [-0.3, -0.25) is 5.10 Å². The summed E-state index contributed by atoms with van der Waals surface area (Å²) >= 11 is 5.76. The van der Waals surface area contributed by atoms with Gasteiger partial charge in [-0.05, 0) is 5.56 Å². The predicted molar refractivity (Wildman–Crippen MR) is 54.4 cm³/mol. The number of nitrogens with one attached hydrogen (secondary N) is 1. The molecule has 0 aliphatic carbocycles. The summed E-state index contributed by atoms with van der Waals surface area (Å²) in [6.07, 6.45) is 1.56. The van der Waals surface area contributed by atoms with Crippen LogP contribution in [-0.2, 0) is 6.61 Å². The molecule has 3 nitrogen and oxygen atoms in total. The SMILES string of the molecule is Clc1[nH]ncc1OCc1ccccc1. The minimum absolute atomic E-state index is 0.431. The number of aromatic amines is 1. The Kier molecular flexibility index (Phi) is 2.70. The average molecular weight is 209 g/mol. The van der Waals surface area contributed by atoms with E-state index in [-0.39, 0.29) is 0 Å². The van der Waals surface area contributed by atoms with Gasteiger partial charge >= 0.3 is 0 Å². The van der Waals surface area contributed by atoms with E-state index in [4.69, 9.17) is 16.3 Å². The predicted octanol–water partition coefficient (Wildman–Crippen LogP) is 2.64. The van der Waals surface area contributed by atoms with Gasteiger partial charge in [0.1, 0.15) is 6.61 Å². The quantitative estimate of drug-likeness (QED) is 0.842. The molecule has 1 heterocycles. The third-order valence-electron chi connectivity index (χ3n) is 1.80. The summed E-state index contributed by atoms with van der Waals surface area (Å²) in [5, 5.41) is 6.78. The highest BCUT2D eigenvalue weighted by molar-refractivity contribution is 6.30. The lowest BCUT2D eigenvalue weighted by molar-refractivity contribution is 0.306. The largest absolute Gasteiger partial charge is 0.484 e. The van der Waals surface area contributed by atoms with E-state index in [9.17, 15) is 0 Å². The summed E-state index contributed by atoms with van der Waals surface area (Å²) < 4.78 is 5.44. The van der Waals surface area contributed by atoms with Gasteiger partial charge in [0.15, 0.2) is 10.9 Å². The minimum atomic E-state index is 0.431. The van der Waals surface area contributed by atoms with Crippen LogP contribution in [0.3, 0.4) is 0 Å². The zero-order valence-corrected chi connectivity index (χ0v) is 8.16. The van der Waals surface area contributed by atoms with E-state index in [2.05, 4.69) is 10.2 Å². The molecule has 2 aromatic rings. The normalized spacial score (nSPS) is 10.1. The molecular weight excluding hydrogens is 200 g/mol. The van der Waals surface area contributed by atoms with Gasteiger partial charge in [0.2, 0.25) is 0 Å². The van der Waals surface area contributed by atoms with Crippen LogP contribution in [0, 0.1) is 0 Å². The van der Waals surface area contributed by atoms with Gasteiger partial charge in [0.05, 0.1) is 6.20 Å². The van der Waals surface area contributed by atoms with E-state index in [0.717, 1.165) is 5.56 Å². The first-order valence-corrected chi connectivity index (χ1v) is 4.59. The van der Waals surface area contributed by atoms with Crippen molar-refractivity contribution in [3.63, 3.8) is 0 Å². The van der Waals surface area contributed by atoms with Crippen LogP contribution < -0.4 is 4.74 Å². The number of H-pyrrole nitrogens is 1. The lowest BCUT2D eigenvalue weighted by Gasteiger charge is -2.03. The highest BCUT2D eigenvalue weighted by atomic mass is 35.5. The smallest absolute Gasteiger partial charge is 0.176 e. The third kappa shape index (κ3) is 2.06. The average Bonchev–Trinajstić information content (AvgIpc) is 2.63. The highest BCUT2D eigenvalue weighted by Gasteiger charge is 2.02. The summed E-state index contributed by atoms with van der Waals surface area (Å²) in [7, 11) is 0.